The molecule has 0 saturated heterocycles. The van der Waals surface area contributed by atoms with Gasteiger partial charge in [-0.2, -0.15) is 0 Å². The molecule has 37 heavy (non-hydrogen) atoms. The minimum atomic E-state index is -1.14. The standard InChI is InChI=1S/C31H38FNO4/c1-19-24(15-14-21-10-7-6-8-11-21)27(28(30(35)36)37-31(3,4)5)20(2)26-18-33(17-25(19)26)29(34)22-12-9-13-23(32)16-22/h9,12-16,21,28H,6-8,10-11,17-18H2,1-5H3,(H,35,36)/t28-/m0/s1. The molecule has 6 heteroatoms. The predicted molar refractivity (Wildman–Crippen MR) is 143 cm³/mol. The van der Waals surface area contributed by atoms with Gasteiger partial charge in [0.2, 0.25) is 0 Å². The van der Waals surface area contributed by atoms with Crippen molar-refractivity contribution in [3.63, 3.8) is 0 Å². The molecule has 2 aromatic rings. The number of ether oxygens (including phenoxy) is 1. The Morgan fingerprint density at radius 2 is 1.73 bits per heavy atom. The highest BCUT2D eigenvalue weighted by Crippen LogP contribution is 2.40. The van der Waals surface area contributed by atoms with Gasteiger partial charge in [0.25, 0.3) is 5.91 Å². The normalized spacial score (nSPS) is 17.3. The number of carboxylic acids is 1. The topological polar surface area (TPSA) is 66.8 Å². The van der Waals surface area contributed by atoms with E-state index in [1.165, 1.54) is 37.5 Å². The van der Waals surface area contributed by atoms with Gasteiger partial charge in [-0.25, -0.2) is 9.18 Å². The van der Waals surface area contributed by atoms with E-state index in [2.05, 4.69) is 12.2 Å². The van der Waals surface area contributed by atoms with Crippen LogP contribution in [0.25, 0.3) is 6.08 Å². The van der Waals surface area contributed by atoms with Crippen LogP contribution in [-0.2, 0) is 22.6 Å². The Morgan fingerprint density at radius 3 is 2.32 bits per heavy atom. The summed E-state index contributed by atoms with van der Waals surface area (Å²) < 4.78 is 19.9. The van der Waals surface area contributed by atoms with E-state index in [4.69, 9.17) is 4.74 Å². The van der Waals surface area contributed by atoms with Gasteiger partial charge >= 0.3 is 5.97 Å². The van der Waals surface area contributed by atoms with Crippen molar-refractivity contribution in [2.45, 2.75) is 91.5 Å². The molecule has 0 radical (unpaired) electrons. The van der Waals surface area contributed by atoms with Crippen LogP contribution in [-0.4, -0.2) is 27.5 Å². The fourth-order valence-electron chi connectivity index (χ4n) is 5.69. The molecule has 0 bridgehead atoms. The number of hydrogen-bond donors (Lipinski definition) is 1. The Labute approximate surface area is 219 Å². The quantitative estimate of drug-likeness (QED) is 0.452. The van der Waals surface area contributed by atoms with Crippen LogP contribution in [0, 0.1) is 25.6 Å². The molecule has 198 valence electrons. The molecule has 2 aromatic carbocycles. The molecule has 1 atom stereocenters. The smallest absolute Gasteiger partial charge is 0.337 e. The molecule has 1 saturated carbocycles. The van der Waals surface area contributed by atoms with Crippen LogP contribution in [0.4, 0.5) is 4.39 Å². The molecule has 1 aliphatic carbocycles. The first-order valence-electron chi connectivity index (χ1n) is 13.2. The van der Waals surface area contributed by atoms with Gasteiger partial charge in [0.1, 0.15) is 5.82 Å². The first kappa shape index (κ1) is 27.1. The molecule has 1 amide bonds. The highest BCUT2D eigenvalue weighted by molar-refractivity contribution is 5.94. The Bertz CT molecular complexity index is 1220. The molecule has 2 aliphatic rings. The second kappa shape index (κ2) is 10.8. The lowest BCUT2D eigenvalue weighted by Gasteiger charge is -2.29. The molecule has 0 spiro atoms. The average molecular weight is 508 g/mol. The lowest BCUT2D eigenvalue weighted by atomic mass is 9.84. The first-order chi connectivity index (χ1) is 17.5. The van der Waals surface area contributed by atoms with Gasteiger partial charge < -0.3 is 14.7 Å². The molecule has 5 nitrogen and oxygen atoms in total. The molecule has 0 unspecified atom stereocenters. The third-order valence-corrected chi connectivity index (χ3v) is 7.57. The van der Waals surface area contributed by atoms with Crippen molar-refractivity contribution in [3.05, 3.63) is 75.1 Å². The van der Waals surface area contributed by atoms with Crippen molar-refractivity contribution in [3.8, 4) is 0 Å². The number of amides is 1. The third kappa shape index (κ3) is 5.96. The zero-order valence-corrected chi connectivity index (χ0v) is 22.6. The third-order valence-electron chi connectivity index (χ3n) is 7.57. The summed E-state index contributed by atoms with van der Waals surface area (Å²) in [4.78, 5) is 27.5. The number of benzene rings is 2. The van der Waals surface area contributed by atoms with Crippen LogP contribution in [0.1, 0.15) is 103 Å². The van der Waals surface area contributed by atoms with Crippen LogP contribution in [0.5, 0.6) is 0 Å². The van der Waals surface area contributed by atoms with E-state index in [0.717, 1.165) is 40.7 Å². The summed E-state index contributed by atoms with van der Waals surface area (Å²) in [5, 5.41) is 10.3. The second-order valence-corrected chi connectivity index (χ2v) is 11.4. The van der Waals surface area contributed by atoms with Crippen molar-refractivity contribution in [2.75, 3.05) is 0 Å². The van der Waals surface area contributed by atoms with Crippen LogP contribution >= 0.6 is 0 Å². The van der Waals surface area contributed by atoms with E-state index in [0.29, 0.717) is 30.1 Å². The van der Waals surface area contributed by atoms with Crippen molar-refractivity contribution < 1.29 is 23.8 Å². The monoisotopic (exact) mass is 507 g/mol. The maximum atomic E-state index is 13.8. The molecule has 1 heterocycles. The average Bonchev–Trinajstić information content (AvgIpc) is 3.30. The molecular formula is C31H38FNO4. The van der Waals surface area contributed by atoms with Crippen molar-refractivity contribution >= 4 is 18.0 Å². The van der Waals surface area contributed by atoms with Crippen LogP contribution < -0.4 is 0 Å². The van der Waals surface area contributed by atoms with Gasteiger partial charge in [-0.15, -0.1) is 0 Å². The van der Waals surface area contributed by atoms with Gasteiger partial charge in [0.15, 0.2) is 6.10 Å². The van der Waals surface area contributed by atoms with Crippen molar-refractivity contribution in [1.82, 2.24) is 4.90 Å². The molecule has 1 aliphatic heterocycles. The van der Waals surface area contributed by atoms with Crippen molar-refractivity contribution in [1.29, 1.82) is 0 Å². The number of carbonyl (C=O) groups is 2. The van der Waals surface area contributed by atoms with E-state index in [9.17, 15) is 19.1 Å². The fraction of sp³-hybridized carbons (Fsp3) is 0.484. The number of carbonyl (C=O) groups excluding carboxylic acids is 1. The first-order valence-corrected chi connectivity index (χ1v) is 13.2. The van der Waals surface area contributed by atoms with Gasteiger partial charge in [-0.1, -0.05) is 37.5 Å². The predicted octanol–water partition coefficient (Wildman–Crippen LogP) is 7.13. The lowest BCUT2D eigenvalue weighted by molar-refractivity contribution is -0.160. The number of fused-ring (bicyclic) bond motifs is 1. The summed E-state index contributed by atoms with van der Waals surface area (Å²) >= 11 is 0. The fourth-order valence-corrected chi connectivity index (χ4v) is 5.69. The zero-order valence-electron chi connectivity index (χ0n) is 22.6. The highest BCUT2D eigenvalue weighted by Gasteiger charge is 2.35. The summed E-state index contributed by atoms with van der Waals surface area (Å²) in [6, 6.07) is 5.74. The number of aliphatic carboxylic acids is 1. The number of allylic oxidation sites excluding steroid dienone is 1. The maximum Gasteiger partial charge on any atom is 0.337 e. The number of hydrogen-bond acceptors (Lipinski definition) is 3. The Balaban J connectivity index is 1.80. The van der Waals surface area contributed by atoms with E-state index in [-0.39, 0.29) is 5.91 Å². The minimum Gasteiger partial charge on any atom is -0.479 e. The van der Waals surface area contributed by atoms with E-state index in [1.54, 1.807) is 11.0 Å². The molecular weight excluding hydrogens is 469 g/mol. The van der Waals surface area contributed by atoms with Crippen LogP contribution in [0.3, 0.4) is 0 Å². The Kier molecular flexibility index (Phi) is 7.88. The molecule has 4 rings (SSSR count). The Morgan fingerprint density at radius 1 is 1.08 bits per heavy atom. The molecule has 1 N–H and O–H groups in total. The highest BCUT2D eigenvalue weighted by atomic mass is 19.1. The van der Waals surface area contributed by atoms with Crippen LogP contribution in [0.15, 0.2) is 30.3 Å². The molecule has 0 aromatic heterocycles. The van der Waals surface area contributed by atoms with Gasteiger partial charge in [-0.05, 0) is 99.4 Å². The zero-order chi connectivity index (χ0) is 26.9. The number of carboxylic acid groups (broad SMARTS) is 1. The summed E-state index contributed by atoms with van der Waals surface area (Å²) in [6.45, 7) is 10.3. The summed E-state index contributed by atoms with van der Waals surface area (Å²) in [6.07, 6.45) is 9.17. The van der Waals surface area contributed by atoms with Crippen molar-refractivity contribution in [2.24, 2.45) is 5.92 Å². The maximum absolute atomic E-state index is 13.8. The van der Waals surface area contributed by atoms with Gasteiger partial charge in [0.05, 0.1) is 5.60 Å². The number of rotatable bonds is 6. The van der Waals surface area contributed by atoms with Gasteiger partial charge in [-0.3, -0.25) is 4.79 Å². The summed E-state index contributed by atoms with van der Waals surface area (Å²) in [7, 11) is 0. The second-order valence-electron chi connectivity index (χ2n) is 11.4. The largest absolute Gasteiger partial charge is 0.479 e. The Hall–Kier alpha value is -2.99. The minimum absolute atomic E-state index is 0.240. The number of nitrogens with zero attached hydrogens (tertiary/aromatic N) is 1. The summed E-state index contributed by atoms with van der Waals surface area (Å²) in [5.74, 6) is -1.24. The van der Waals surface area contributed by atoms with E-state index in [1.807, 2.05) is 34.6 Å². The lowest BCUT2D eigenvalue weighted by Crippen LogP contribution is -2.29. The van der Waals surface area contributed by atoms with Crippen LogP contribution in [0.2, 0.25) is 0 Å². The molecule has 1 fully saturated rings. The van der Waals surface area contributed by atoms with E-state index < -0.39 is 23.5 Å². The van der Waals surface area contributed by atoms with Gasteiger partial charge in [0, 0.05) is 24.2 Å². The number of halogens is 1. The SMILES string of the molecule is Cc1c(C=CC2CCCCC2)c([C@H](OC(C)(C)C)C(=O)O)c(C)c2c1CN(C(=O)c1cccc(F)c1)C2. The summed E-state index contributed by atoms with van der Waals surface area (Å²) in [5.41, 5.74) is 4.98. The van der Waals surface area contributed by atoms with E-state index >= 15 is 0 Å².